The Kier molecular flexibility index (Phi) is 7.11. The van der Waals surface area contributed by atoms with Gasteiger partial charge in [0.15, 0.2) is 0 Å². The number of para-hydroxylation sites is 1. The molecule has 1 saturated heterocycles. The molecule has 1 aliphatic heterocycles. The average Bonchev–Trinajstić information content (AvgIpc) is 3.15. The lowest BCUT2D eigenvalue weighted by Gasteiger charge is -2.21. The first-order valence-corrected chi connectivity index (χ1v) is 12.6. The predicted molar refractivity (Wildman–Crippen MR) is 130 cm³/mol. The third-order valence-corrected chi connectivity index (χ3v) is 7.77. The number of ether oxygens (including phenoxy) is 1. The fourth-order valence-corrected chi connectivity index (χ4v) is 5.65. The Hall–Kier alpha value is -3.16. The highest BCUT2D eigenvalue weighted by molar-refractivity contribution is 7.89. The third-order valence-electron chi connectivity index (χ3n) is 5.88. The normalized spacial score (nSPS) is 14.9. The molecule has 0 aromatic heterocycles. The van der Waals surface area contributed by atoms with Gasteiger partial charge in [0.1, 0.15) is 5.75 Å². The van der Waals surface area contributed by atoms with E-state index in [0.29, 0.717) is 24.5 Å². The Balaban J connectivity index is 1.66. The molecule has 3 aromatic carbocycles. The van der Waals surface area contributed by atoms with Crippen LogP contribution < -0.4 is 10.1 Å². The Morgan fingerprint density at radius 3 is 2.24 bits per heavy atom. The van der Waals surface area contributed by atoms with E-state index in [1.54, 1.807) is 6.07 Å². The average molecular weight is 465 g/mol. The van der Waals surface area contributed by atoms with Crippen molar-refractivity contribution in [1.82, 2.24) is 4.31 Å². The number of hydrogen-bond donors (Lipinski definition) is 1. The van der Waals surface area contributed by atoms with Crippen molar-refractivity contribution in [2.75, 3.05) is 25.5 Å². The molecule has 1 aliphatic rings. The number of nitrogens with zero attached hydrogens (tertiary/aromatic N) is 1. The number of hydrogen-bond acceptors (Lipinski definition) is 4. The van der Waals surface area contributed by atoms with Gasteiger partial charge in [-0.3, -0.25) is 4.79 Å². The van der Waals surface area contributed by atoms with Crippen molar-refractivity contribution in [3.63, 3.8) is 0 Å². The molecule has 172 valence electrons. The van der Waals surface area contributed by atoms with Gasteiger partial charge in [-0.25, -0.2) is 8.42 Å². The second-order valence-corrected chi connectivity index (χ2v) is 9.98. The van der Waals surface area contributed by atoms with Crippen LogP contribution in [0.4, 0.5) is 5.69 Å². The summed E-state index contributed by atoms with van der Waals surface area (Å²) in [5.41, 5.74) is 2.66. The highest BCUT2D eigenvalue weighted by Gasteiger charge is 2.27. The zero-order valence-electron chi connectivity index (χ0n) is 18.7. The van der Waals surface area contributed by atoms with E-state index in [1.165, 1.54) is 23.5 Å². The van der Waals surface area contributed by atoms with Crippen molar-refractivity contribution in [3.8, 4) is 16.9 Å². The molecule has 1 N–H and O–H groups in total. The van der Waals surface area contributed by atoms with Crippen LogP contribution >= 0.6 is 0 Å². The zero-order chi connectivity index (χ0) is 23.3. The molecule has 6 nitrogen and oxygen atoms in total. The Labute approximate surface area is 195 Å². The number of carbonyl (C=O) groups is 1. The number of carbonyl (C=O) groups excluding carboxylic acids is 1. The van der Waals surface area contributed by atoms with E-state index < -0.39 is 15.9 Å². The maximum absolute atomic E-state index is 13.3. The molecule has 0 atom stereocenters. The molecule has 33 heavy (non-hydrogen) atoms. The van der Waals surface area contributed by atoms with Gasteiger partial charge in [0.25, 0.3) is 5.91 Å². The van der Waals surface area contributed by atoms with Crippen molar-refractivity contribution in [3.05, 3.63) is 78.4 Å². The van der Waals surface area contributed by atoms with Crippen LogP contribution in [0.15, 0.2) is 77.7 Å². The maximum Gasteiger partial charge on any atom is 0.259 e. The summed E-state index contributed by atoms with van der Waals surface area (Å²) in [4.78, 5) is 13.4. The van der Waals surface area contributed by atoms with E-state index in [-0.39, 0.29) is 10.5 Å². The quantitative estimate of drug-likeness (QED) is 0.545. The van der Waals surface area contributed by atoms with Crippen molar-refractivity contribution < 1.29 is 17.9 Å². The first-order valence-electron chi connectivity index (χ1n) is 11.1. The molecule has 0 radical (unpaired) electrons. The topological polar surface area (TPSA) is 75.7 Å². The molecule has 1 fully saturated rings. The van der Waals surface area contributed by atoms with Crippen LogP contribution in [0.25, 0.3) is 11.1 Å². The third kappa shape index (κ3) is 5.10. The molecule has 0 spiro atoms. The Morgan fingerprint density at radius 2 is 1.55 bits per heavy atom. The van der Waals surface area contributed by atoms with Crippen LogP contribution in [0.2, 0.25) is 0 Å². The second kappa shape index (κ2) is 10.2. The van der Waals surface area contributed by atoms with Crippen LogP contribution in [0.1, 0.15) is 36.0 Å². The number of nitrogens with one attached hydrogen (secondary N) is 1. The summed E-state index contributed by atoms with van der Waals surface area (Å²) in [5, 5.41) is 2.94. The van der Waals surface area contributed by atoms with Gasteiger partial charge in [-0.1, -0.05) is 61.4 Å². The van der Waals surface area contributed by atoms with Crippen molar-refractivity contribution in [1.29, 1.82) is 0 Å². The predicted octanol–water partition coefficient (Wildman–Crippen LogP) is 5.18. The van der Waals surface area contributed by atoms with Gasteiger partial charge in [0, 0.05) is 24.3 Å². The van der Waals surface area contributed by atoms with Crippen LogP contribution in [0.3, 0.4) is 0 Å². The minimum Gasteiger partial charge on any atom is -0.496 e. The molecule has 0 saturated carbocycles. The number of sulfonamides is 1. The highest BCUT2D eigenvalue weighted by atomic mass is 32.2. The van der Waals surface area contributed by atoms with Gasteiger partial charge in [-0.15, -0.1) is 0 Å². The minimum atomic E-state index is -3.69. The van der Waals surface area contributed by atoms with Crippen molar-refractivity contribution in [2.24, 2.45) is 0 Å². The van der Waals surface area contributed by atoms with Crippen LogP contribution in [0.5, 0.6) is 5.75 Å². The molecule has 3 aromatic rings. The summed E-state index contributed by atoms with van der Waals surface area (Å²) in [6.45, 7) is 1.00. The number of anilines is 1. The number of amides is 1. The van der Waals surface area contributed by atoms with Gasteiger partial charge in [-0.2, -0.15) is 4.31 Å². The van der Waals surface area contributed by atoms with E-state index in [0.717, 1.165) is 36.8 Å². The fraction of sp³-hybridized carbons (Fsp3) is 0.269. The lowest BCUT2D eigenvalue weighted by Crippen LogP contribution is -2.32. The smallest absolute Gasteiger partial charge is 0.259 e. The minimum absolute atomic E-state index is 0.103. The summed E-state index contributed by atoms with van der Waals surface area (Å²) in [6, 6.07) is 21.7. The molecular formula is C26H28N2O4S. The van der Waals surface area contributed by atoms with Crippen LogP contribution in [0, 0.1) is 0 Å². The molecule has 1 amide bonds. The lowest BCUT2D eigenvalue weighted by atomic mass is 10.0. The van der Waals surface area contributed by atoms with E-state index in [2.05, 4.69) is 5.32 Å². The second-order valence-electron chi connectivity index (χ2n) is 8.05. The summed E-state index contributed by atoms with van der Waals surface area (Å²) in [7, 11) is -2.23. The molecule has 0 aliphatic carbocycles. The summed E-state index contributed by atoms with van der Waals surface area (Å²) >= 11 is 0. The standard InChI is InChI=1S/C26H28N2O4S/c1-32-25-16-15-21(33(30,31)28-17-9-2-3-10-18-28)19-23(25)26(29)27-24-14-8-7-13-22(24)20-11-5-4-6-12-20/h4-8,11-16,19H,2-3,9-10,17-18H2,1H3,(H,27,29). The molecule has 7 heteroatoms. The van der Waals surface area contributed by atoms with E-state index in [1.807, 2.05) is 54.6 Å². The Bertz CT molecular complexity index is 1220. The molecule has 0 bridgehead atoms. The van der Waals surface area contributed by atoms with Crippen LogP contribution in [-0.4, -0.2) is 38.8 Å². The van der Waals surface area contributed by atoms with Gasteiger partial charge in [-0.05, 0) is 42.7 Å². The molecule has 4 rings (SSSR count). The fourth-order valence-electron chi connectivity index (χ4n) is 4.11. The first-order chi connectivity index (χ1) is 16.0. The molecular weight excluding hydrogens is 436 g/mol. The highest BCUT2D eigenvalue weighted by Crippen LogP contribution is 2.30. The number of methoxy groups -OCH3 is 1. The summed E-state index contributed by atoms with van der Waals surface area (Å²) < 4.78 is 33.4. The number of benzene rings is 3. The molecule has 0 unspecified atom stereocenters. The van der Waals surface area contributed by atoms with Crippen molar-refractivity contribution in [2.45, 2.75) is 30.6 Å². The van der Waals surface area contributed by atoms with Gasteiger partial charge >= 0.3 is 0 Å². The van der Waals surface area contributed by atoms with Gasteiger partial charge < -0.3 is 10.1 Å². The zero-order valence-corrected chi connectivity index (χ0v) is 19.5. The van der Waals surface area contributed by atoms with Crippen LogP contribution in [-0.2, 0) is 10.0 Å². The first kappa shape index (κ1) is 23.0. The van der Waals surface area contributed by atoms with E-state index >= 15 is 0 Å². The Morgan fingerprint density at radius 1 is 0.879 bits per heavy atom. The van der Waals surface area contributed by atoms with E-state index in [4.69, 9.17) is 4.74 Å². The lowest BCUT2D eigenvalue weighted by molar-refractivity contribution is 0.102. The van der Waals surface area contributed by atoms with Gasteiger partial charge in [0.05, 0.1) is 17.6 Å². The van der Waals surface area contributed by atoms with Gasteiger partial charge in [0.2, 0.25) is 10.0 Å². The largest absolute Gasteiger partial charge is 0.496 e. The molecule has 1 heterocycles. The maximum atomic E-state index is 13.3. The van der Waals surface area contributed by atoms with E-state index in [9.17, 15) is 13.2 Å². The summed E-state index contributed by atoms with van der Waals surface area (Å²) in [6.07, 6.45) is 3.75. The monoisotopic (exact) mass is 464 g/mol. The summed E-state index contributed by atoms with van der Waals surface area (Å²) in [5.74, 6) is -0.109. The SMILES string of the molecule is COc1ccc(S(=O)(=O)N2CCCCCC2)cc1C(=O)Nc1ccccc1-c1ccccc1. The van der Waals surface area contributed by atoms with Crippen molar-refractivity contribution >= 4 is 21.6 Å². The number of rotatable bonds is 6.